The molecular formula is C39H25N5. The molecule has 0 aliphatic carbocycles. The molecule has 0 atom stereocenters. The van der Waals surface area contributed by atoms with Crippen molar-refractivity contribution in [2.45, 2.75) is 0 Å². The van der Waals surface area contributed by atoms with Crippen LogP contribution in [0.15, 0.2) is 152 Å². The van der Waals surface area contributed by atoms with E-state index in [1.54, 1.807) is 0 Å². The number of benzene rings is 5. The number of hydrogen-bond donors (Lipinski definition) is 0. The summed E-state index contributed by atoms with van der Waals surface area (Å²) in [5, 5.41) is 4.64. The summed E-state index contributed by atoms with van der Waals surface area (Å²) in [7, 11) is 0. The van der Waals surface area contributed by atoms with Crippen molar-refractivity contribution in [2.75, 3.05) is 0 Å². The van der Waals surface area contributed by atoms with E-state index in [1.165, 1.54) is 23.4 Å². The van der Waals surface area contributed by atoms with Crippen molar-refractivity contribution in [3.05, 3.63) is 152 Å². The van der Waals surface area contributed by atoms with E-state index >= 15 is 0 Å². The lowest BCUT2D eigenvalue weighted by Gasteiger charge is -2.12. The fourth-order valence-electron chi connectivity index (χ4n) is 5.82. The van der Waals surface area contributed by atoms with Crippen LogP contribution in [0.2, 0.25) is 0 Å². The Balaban J connectivity index is 1.19. The van der Waals surface area contributed by atoms with Crippen molar-refractivity contribution in [3.8, 4) is 56.2 Å². The first-order valence-electron chi connectivity index (χ1n) is 14.5. The molecule has 0 unspecified atom stereocenters. The lowest BCUT2D eigenvalue weighted by molar-refractivity contribution is 1.06. The zero-order valence-corrected chi connectivity index (χ0v) is 23.7. The van der Waals surface area contributed by atoms with Gasteiger partial charge in [-0.2, -0.15) is 0 Å². The van der Waals surface area contributed by atoms with E-state index in [4.69, 9.17) is 9.97 Å². The Kier molecular flexibility index (Phi) is 6.39. The van der Waals surface area contributed by atoms with Crippen LogP contribution in [-0.4, -0.2) is 24.9 Å². The molecule has 0 saturated carbocycles. The second-order valence-corrected chi connectivity index (χ2v) is 10.7. The van der Waals surface area contributed by atoms with Gasteiger partial charge in [-0.05, 0) is 63.4 Å². The Hall–Kier alpha value is -6.07. The maximum Gasteiger partial charge on any atom is 0.162 e. The first-order valence-corrected chi connectivity index (χ1v) is 14.5. The summed E-state index contributed by atoms with van der Waals surface area (Å²) in [6.07, 6.45) is 6.81. The summed E-state index contributed by atoms with van der Waals surface area (Å²) >= 11 is 0. The maximum absolute atomic E-state index is 4.71. The predicted octanol–water partition coefficient (Wildman–Crippen LogP) is 9.30. The van der Waals surface area contributed by atoms with Gasteiger partial charge >= 0.3 is 0 Å². The lowest BCUT2D eigenvalue weighted by Crippen LogP contribution is -1.92. The molecule has 5 aromatic carbocycles. The largest absolute Gasteiger partial charge is 0.256 e. The molecule has 0 aliphatic heterocycles. The van der Waals surface area contributed by atoms with Gasteiger partial charge < -0.3 is 0 Å². The normalized spacial score (nSPS) is 11.2. The molecule has 5 heteroatoms. The molecule has 0 bridgehead atoms. The van der Waals surface area contributed by atoms with Crippen LogP contribution in [0.3, 0.4) is 0 Å². The lowest BCUT2D eigenvalue weighted by atomic mass is 9.94. The van der Waals surface area contributed by atoms with Gasteiger partial charge in [-0.1, -0.05) is 97.1 Å². The molecule has 0 radical (unpaired) electrons. The van der Waals surface area contributed by atoms with Crippen LogP contribution < -0.4 is 0 Å². The van der Waals surface area contributed by atoms with Gasteiger partial charge in [0.2, 0.25) is 0 Å². The third kappa shape index (κ3) is 4.76. The molecular weight excluding hydrogens is 538 g/mol. The van der Waals surface area contributed by atoms with Gasteiger partial charge in [-0.25, -0.2) is 15.0 Å². The number of pyridine rings is 2. The van der Waals surface area contributed by atoms with E-state index in [0.717, 1.165) is 61.1 Å². The molecule has 0 N–H and O–H groups in total. The minimum absolute atomic E-state index is 0.635. The Morgan fingerprint density at radius 2 is 0.773 bits per heavy atom. The second kappa shape index (κ2) is 11.0. The molecule has 0 saturated heterocycles. The van der Waals surface area contributed by atoms with Gasteiger partial charge in [0.1, 0.15) is 12.7 Å². The van der Waals surface area contributed by atoms with Crippen LogP contribution >= 0.6 is 0 Å². The Bertz CT molecular complexity index is 2110. The van der Waals surface area contributed by atoms with E-state index in [0.29, 0.717) is 5.82 Å². The second-order valence-electron chi connectivity index (χ2n) is 10.7. The Morgan fingerprint density at radius 3 is 1.27 bits per heavy atom. The van der Waals surface area contributed by atoms with Crippen LogP contribution in [0.1, 0.15) is 0 Å². The van der Waals surface area contributed by atoms with E-state index in [-0.39, 0.29) is 0 Å². The highest BCUT2D eigenvalue weighted by Crippen LogP contribution is 2.35. The van der Waals surface area contributed by atoms with E-state index in [1.807, 2.05) is 24.5 Å². The van der Waals surface area contributed by atoms with Crippen LogP contribution in [0.4, 0.5) is 0 Å². The number of aromatic nitrogens is 5. The van der Waals surface area contributed by atoms with E-state index < -0.39 is 0 Å². The molecule has 0 spiro atoms. The van der Waals surface area contributed by atoms with Crippen molar-refractivity contribution in [1.82, 2.24) is 24.9 Å². The van der Waals surface area contributed by atoms with Gasteiger partial charge in [0.05, 0.1) is 11.4 Å². The smallest absolute Gasteiger partial charge is 0.162 e. The van der Waals surface area contributed by atoms with Crippen LogP contribution in [0, 0.1) is 0 Å². The van der Waals surface area contributed by atoms with Crippen molar-refractivity contribution in [1.29, 1.82) is 0 Å². The third-order valence-electron chi connectivity index (χ3n) is 8.02. The summed E-state index contributed by atoms with van der Waals surface area (Å²) in [6.45, 7) is 0. The van der Waals surface area contributed by atoms with Gasteiger partial charge in [0.25, 0.3) is 0 Å². The summed E-state index contributed by atoms with van der Waals surface area (Å²) in [5.41, 5.74) is 9.41. The first-order chi connectivity index (χ1) is 21.8. The molecule has 8 aromatic rings. The topological polar surface area (TPSA) is 64.5 Å². The Morgan fingerprint density at radius 1 is 0.341 bits per heavy atom. The molecule has 0 fully saturated rings. The monoisotopic (exact) mass is 563 g/mol. The van der Waals surface area contributed by atoms with Gasteiger partial charge in [-0.15, -0.1) is 0 Å². The number of fused-ring (bicyclic) bond motifs is 2. The summed E-state index contributed by atoms with van der Waals surface area (Å²) < 4.78 is 0. The first kappa shape index (κ1) is 25.6. The maximum atomic E-state index is 4.71. The minimum atomic E-state index is 0.635. The molecule has 3 heterocycles. The molecule has 8 rings (SSSR count). The molecule has 44 heavy (non-hydrogen) atoms. The molecule has 0 amide bonds. The zero-order valence-electron chi connectivity index (χ0n) is 23.7. The number of nitrogens with zero attached hydrogens (tertiary/aromatic N) is 5. The predicted molar refractivity (Wildman–Crippen MR) is 178 cm³/mol. The van der Waals surface area contributed by atoms with Crippen molar-refractivity contribution in [2.24, 2.45) is 0 Å². The Labute approximate surface area is 254 Å². The number of rotatable bonds is 5. The minimum Gasteiger partial charge on any atom is -0.256 e. The van der Waals surface area contributed by atoms with Gasteiger partial charge in [0, 0.05) is 39.9 Å². The molecule has 3 aromatic heterocycles. The van der Waals surface area contributed by atoms with E-state index in [9.17, 15) is 0 Å². The standard InChI is InChI=1S/C39H25N5/c1-3-7-35-28(5-1)17-19-41-37(35)30-13-9-26(10-14-30)32-21-33(23-34(22-32)39-43-24-40-25-44-39)27-11-15-31(16-12-27)38-36-8-4-2-6-29(36)18-20-42-38/h1-25H. The quantitative estimate of drug-likeness (QED) is 0.209. The highest BCUT2D eigenvalue weighted by Gasteiger charge is 2.12. The molecule has 206 valence electrons. The average molecular weight is 564 g/mol. The van der Waals surface area contributed by atoms with Gasteiger partial charge in [0.15, 0.2) is 5.82 Å². The number of hydrogen-bond acceptors (Lipinski definition) is 5. The van der Waals surface area contributed by atoms with Crippen LogP contribution in [-0.2, 0) is 0 Å². The average Bonchev–Trinajstić information content (AvgIpc) is 3.11. The molecule has 5 nitrogen and oxygen atoms in total. The fraction of sp³-hybridized carbons (Fsp3) is 0. The fourth-order valence-corrected chi connectivity index (χ4v) is 5.82. The van der Waals surface area contributed by atoms with E-state index in [2.05, 4.69) is 130 Å². The summed E-state index contributed by atoms with van der Waals surface area (Å²) in [5.74, 6) is 0.635. The van der Waals surface area contributed by atoms with Crippen LogP contribution in [0.25, 0.3) is 77.7 Å². The van der Waals surface area contributed by atoms with Crippen molar-refractivity contribution < 1.29 is 0 Å². The molecule has 0 aliphatic rings. The summed E-state index contributed by atoms with van der Waals surface area (Å²) in [6, 6.07) is 44.5. The SMILES string of the molecule is c1ccc2c(-c3ccc(-c4cc(-c5ccc(-c6nccc7ccccc67)cc5)cc(-c5ncncn5)c4)cc3)nccc2c1. The zero-order chi connectivity index (χ0) is 29.3. The third-order valence-corrected chi connectivity index (χ3v) is 8.02. The van der Waals surface area contributed by atoms with Crippen molar-refractivity contribution in [3.63, 3.8) is 0 Å². The van der Waals surface area contributed by atoms with Crippen LogP contribution in [0.5, 0.6) is 0 Å². The van der Waals surface area contributed by atoms with Gasteiger partial charge in [-0.3, -0.25) is 9.97 Å². The highest BCUT2D eigenvalue weighted by atomic mass is 15.0. The summed E-state index contributed by atoms with van der Waals surface area (Å²) in [4.78, 5) is 22.3. The van der Waals surface area contributed by atoms with Crippen molar-refractivity contribution >= 4 is 21.5 Å². The highest BCUT2D eigenvalue weighted by molar-refractivity contribution is 5.96.